The van der Waals surface area contributed by atoms with Crippen LogP contribution in [0.1, 0.15) is 81.0 Å². The van der Waals surface area contributed by atoms with E-state index in [0.717, 1.165) is 32.1 Å². The van der Waals surface area contributed by atoms with Crippen LogP contribution in [0.4, 0.5) is 0 Å². The highest BCUT2D eigenvalue weighted by atomic mass is 32.1. The van der Waals surface area contributed by atoms with Crippen molar-refractivity contribution in [2.75, 3.05) is 0 Å². The summed E-state index contributed by atoms with van der Waals surface area (Å²) in [4.78, 5) is 28.5. The molecule has 3 heterocycles. The van der Waals surface area contributed by atoms with Gasteiger partial charge < -0.3 is 10.6 Å². The van der Waals surface area contributed by atoms with Crippen molar-refractivity contribution in [3.8, 4) is 0 Å². The third kappa shape index (κ3) is 3.99. The van der Waals surface area contributed by atoms with Gasteiger partial charge in [-0.15, -0.1) is 22.7 Å². The van der Waals surface area contributed by atoms with E-state index < -0.39 is 0 Å². The van der Waals surface area contributed by atoms with Gasteiger partial charge in [-0.05, 0) is 96.4 Å². The first-order valence-corrected chi connectivity index (χ1v) is 15.3. The van der Waals surface area contributed by atoms with E-state index in [0.29, 0.717) is 30.2 Å². The highest BCUT2D eigenvalue weighted by Crippen LogP contribution is 2.65. The smallest absolute Gasteiger partial charge is 0.224 e. The largest absolute Gasteiger partial charge is 0.353 e. The molecule has 6 rings (SSSR count). The summed E-state index contributed by atoms with van der Waals surface area (Å²) >= 11 is 3.52. The maximum atomic E-state index is 13.9. The molecule has 4 aliphatic rings. The van der Waals surface area contributed by atoms with Crippen molar-refractivity contribution < 1.29 is 9.59 Å². The Bertz CT molecular complexity index is 1070. The SMILES string of the molecule is C[C@]12CCC(=O)N[C@@H]1CC[C@@H]1[C@@H]2CC[C@]2(C)[C@@H](C(=O)NC(Cc3cccs3)c3cccs3)CC[C@@H]12. The second-order valence-electron chi connectivity index (χ2n) is 12.1. The van der Waals surface area contributed by atoms with Crippen LogP contribution in [0.3, 0.4) is 0 Å². The summed E-state index contributed by atoms with van der Waals surface area (Å²) < 4.78 is 0. The van der Waals surface area contributed by atoms with Crippen LogP contribution in [0.5, 0.6) is 0 Å². The topological polar surface area (TPSA) is 58.2 Å². The zero-order chi connectivity index (χ0) is 24.2. The number of hydrogen-bond donors (Lipinski definition) is 2. The van der Waals surface area contributed by atoms with E-state index >= 15 is 0 Å². The van der Waals surface area contributed by atoms with Crippen LogP contribution in [-0.4, -0.2) is 17.9 Å². The van der Waals surface area contributed by atoms with E-state index in [2.05, 4.69) is 59.5 Å². The van der Waals surface area contributed by atoms with Gasteiger partial charge in [-0.1, -0.05) is 26.0 Å². The number of rotatable bonds is 5. The van der Waals surface area contributed by atoms with E-state index in [1.54, 1.807) is 22.7 Å². The quantitative estimate of drug-likeness (QED) is 0.493. The Morgan fingerprint density at radius 1 is 1.03 bits per heavy atom. The van der Waals surface area contributed by atoms with Gasteiger partial charge in [-0.3, -0.25) is 9.59 Å². The highest BCUT2D eigenvalue weighted by Gasteiger charge is 2.61. The van der Waals surface area contributed by atoms with Crippen LogP contribution < -0.4 is 10.6 Å². The van der Waals surface area contributed by atoms with Crippen LogP contribution >= 0.6 is 22.7 Å². The van der Waals surface area contributed by atoms with Crippen LogP contribution in [0.15, 0.2) is 35.0 Å². The zero-order valence-electron chi connectivity index (χ0n) is 20.9. The number of carbonyl (C=O) groups is 2. The van der Waals surface area contributed by atoms with Gasteiger partial charge in [0.25, 0.3) is 0 Å². The Labute approximate surface area is 217 Å². The second-order valence-corrected chi connectivity index (χ2v) is 14.1. The fourth-order valence-corrected chi connectivity index (χ4v) is 10.3. The van der Waals surface area contributed by atoms with Gasteiger partial charge in [0.1, 0.15) is 0 Å². The van der Waals surface area contributed by atoms with Crippen molar-refractivity contribution in [1.29, 1.82) is 0 Å². The van der Waals surface area contributed by atoms with Crippen molar-refractivity contribution in [2.45, 2.75) is 83.7 Å². The molecule has 1 saturated heterocycles. The number of fused-ring (bicyclic) bond motifs is 5. The molecule has 2 N–H and O–H groups in total. The van der Waals surface area contributed by atoms with Gasteiger partial charge in [0, 0.05) is 34.6 Å². The summed E-state index contributed by atoms with van der Waals surface area (Å²) in [7, 11) is 0. The van der Waals surface area contributed by atoms with Gasteiger partial charge in [0.15, 0.2) is 0 Å². The number of carbonyl (C=O) groups excluding carboxylic acids is 2. The number of nitrogens with one attached hydrogen (secondary N) is 2. The molecule has 2 aromatic heterocycles. The van der Waals surface area contributed by atoms with E-state index in [9.17, 15) is 9.59 Å². The monoisotopic (exact) mass is 510 g/mol. The number of thiophene rings is 2. The highest BCUT2D eigenvalue weighted by molar-refractivity contribution is 7.10. The van der Waals surface area contributed by atoms with Crippen LogP contribution in [-0.2, 0) is 16.0 Å². The normalized spacial score (nSPS) is 39.1. The molecule has 188 valence electrons. The molecule has 4 nitrogen and oxygen atoms in total. The Morgan fingerprint density at radius 2 is 1.83 bits per heavy atom. The summed E-state index contributed by atoms with van der Waals surface area (Å²) in [5.74, 6) is 2.63. The fourth-order valence-electron chi connectivity index (χ4n) is 8.75. The minimum atomic E-state index is 0.0559. The Balaban J connectivity index is 1.20. The first kappa shape index (κ1) is 23.7. The van der Waals surface area contributed by atoms with Crippen LogP contribution in [0, 0.1) is 34.5 Å². The predicted octanol–water partition coefficient (Wildman–Crippen LogP) is 6.35. The molecule has 1 aliphatic heterocycles. The zero-order valence-corrected chi connectivity index (χ0v) is 22.6. The minimum Gasteiger partial charge on any atom is -0.353 e. The van der Waals surface area contributed by atoms with Crippen LogP contribution in [0.2, 0.25) is 0 Å². The van der Waals surface area contributed by atoms with Crippen molar-refractivity contribution in [3.05, 3.63) is 44.8 Å². The second kappa shape index (κ2) is 9.02. The Hall–Kier alpha value is -1.66. The molecule has 4 fully saturated rings. The van der Waals surface area contributed by atoms with Gasteiger partial charge >= 0.3 is 0 Å². The molecule has 2 aromatic rings. The molecule has 3 aliphatic carbocycles. The van der Waals surface area contributed by atoms with Gasteiger partial charge in [0.05, 0.1) is 6.04 Å². The maximum Gasteiger partial charge on any atom is 0.224 e. The maximum absolute atomic E-state index is 13.9. The van der Waals surface area contributed by atoms with Gasteiger partial charge in [-0.25, -0.2) is 0 Å². The molecule has 3 saturated carbocycles. The van der Waals surface area contributed by atoms with E-state index in [-0.39, 0.29) is 34.6 Å². The Kier molecular flexibility index (Phi) is 6.11. The molecule has 0 bridgehead atoms. The molecular weight excluding hydrogens is 472 g/mol. The van der Waals surface area contributed by atoms with Crippen molar-refractivity contribution in [1.82, 2.24) is 10.6 Å². The van der Waals surface area contributed by atoms with Crippen molar-refractivity contribution >= 4 is 34.5 Å². The standard InChI is InChI=1S/C29H38N2O2S2/c1-28-13-11-21-19(7-10-25-29(21,2)14-12-26(32)31-25)20(28)8-9-22(28)27(33)30-23(24-6-4-16-35-24)17-18-5-3-15-34-18/h3-6,15-16,19-23,25H,7-14,17H2,1-2H3,(H,30,33)(H,31,32)/t19-,20-,21-,22+,23?,25+,28-,29+/m0/s1. The lowest BCUT2D eigenvalue weighted by atomic mass is 9.47. The lowest BCUT2D eigenvalue weighted by Crippen LogP contribution is -2.61. The van der Waals surface area contributed by atoms with Crippen LogP contribution in [0.25, 0.3) is 0 Å². The molecule has 1 unspecified atom stereocenters. The number of amides is 2. The number of hydrogen-bond acceptors (Lipinski definition) is 4. The molecule has 2 amide bonds. The van der Waals surface area contributed by atoms with Crippen molar-refractivity contribution in [2.24, 2.45) is 34.5 Å². The average molecular weight is 511 g/mol. The van der Waals surface area contributed by atoms with E-state index in [1.807, 2.05) is 0 Å². The van der Waals surface area contributed by atoms with Gasteiger partial charge in [-0.2, -0.15) is 0 Å². The van der Waals surface area contributed by atoms with Crippen molar-refractivity contribution in [3.63, 3.8) is 0 Å². The van der Waals surface area contributed by atoms with E-state index in [4.69, 9.17) is 0 Å². The van der Waals surface area contributed by atoms with Gasteiger partial charge in [0.2, 0.25) is 11.8 Å². The summed E-state index contributed by atoms with van der Waals surface area (Å²) in [5, 5.41) is 11.1. The summed E-state index contributed by atoms with van der Waals surface area (Å²) in [6, 6.07) is 8.93. The lowest BCUT2D eigenvalue weighted by Gasteiger charge is -2.60. The third-order valence-corrected chi connectivity index (χ3v) is 12.5. The predicted molar refractivity (Wildman–Crippen MR) is 142 cm³/mol. The summed E-state index contributed by atoms with van der Waals surface area (Å²) in [5.41, 5.74) is 0.318. The molecule has 35 heavy (non-hydrogen) atoms. The summed E-state index contributed by atoms with van der Waals surface area (Å²) in [6.07, 6.45) is 9.42. The average Bonchev–Trinajstić information content (AvgIpc) is 3.60. The van der Waals surface area contributed by atoms with E-state index in [1.165, 1.54) is 29.0 Å². The number of piperidine rings is 1. The minimum absolute atomic E-state index is 0.0559. The molecule has 6 heteroatoms. The molecule has 0 spiro atoms. The Morgan fingerprint density at radius 3 is 2.60 bits per heavy atom. The fraction of sp³-hybridized carbons (Fsp3) is 0.655. The molecular formula is C29H38N2O2S2. The third-order valence-electron chi connectivity index (χ3n) is 10.6. The summed E-state index contributed by atoms with van der Waals surface area (Å²) in [6.45, 7) is 4.88. The molecule has 0 radical (unpaired) electrons. The first-order valence-electron chi connectivity index (χ1n) is 13.5. The molecule has 8 atom stereocenters. The lowest BCUT2D eigenvalue weighted by molar-refractivity contribution is -0.142. The molecule has 0 aromatic carbocycles. The first-order chi connectivity index (χ1) is 16.9.